The van der Waals surface area contributed by atoms with Crippen LogP contribution in [0.3, 0.4) is 0 Å². The summed E-state index contributed by atoms with van der Waals surface area (Å²) in [4.78, 5) is 0. The highest BCUT2D eigenvalue weighted by atomic mass is 19.2. The van der Waals surface area contributed by atoms with Gasteiger partial charge < -0.3 is 0 Å². The maximum atomic E-state index is 14.2. The molecule has 2 rings (SSSR count). The predicted molar refractivity (Wildman–Crippen MR) is 85.0 cm³/mol. The SMILES string of the molecule is C/C=C/CCc1ccc(C(F)=C(F)c2ccc(F)cc2)cc1. The van der Waals surface area contributed by atoms with Crippen molar-refractivity contribution in [3.05, 3.63) is 83.2 Å². The third kappa shape index (κ3) is 4.10. The van der Waals surface area contributed by atoms with Crippen molar-refractivity contribution in [3.8, 4) is 0 Å². The van der Waals surface area contributed by atoms with Crippen molar-refractivity contribution in [2.75, 3.05) is 0 Å². The van der Waals surface area contributed by atoms with Crippen molar-refractivity contribution < 1.29 is 13.2 Å². The van der Waals surface area contributed by atoms with Crippen LogP contribution in [0.2, 0.25) is 0 Å². The highest BCUT2D eigenvalue weighted by Crippen LogP contribution is 2.29. The van der Waals surface area contributed by atoms with Crippen LogP contribution in [0.25, 0.3) is 11.7 Å². The van der Waals surface area contributed by atoms with Gasteiger partial charge in [-0.25, -0.2) is 13.2 Å². The Morgan fingerprint density at radius 3 is 1.86 bits per heavy atom. The van der Waals surface area contributed by atoms with Crippen LogP contribution >= 0.6 is 0 Å². The molecule has 0 aromatic heterocycles. The zero-order valence-corrected chi connectivity index (χ0v) is 12.3. The summed E-state index contributed by atoms with van der Waals surface area (Å²) in [7, 11) is 0. The van der Waals surface area contributed by atoms with E-state index in [1.165, 1.54) is 12.1 Å². The minimum absolute atomic E-state index is 0.0241. The van der Waals surface area contributed by atoms with Crippen molar-refractivity contribution in [2.45, 2.75) is 19.8 Å². The highest BCUT2D eigenvalue weighted by Gasteiger charge is 2.11. The number of hydrogen-bond donors (Lipinski definition) is 0. The molecule has 0 aliphatic heterocycles. The van der Waals surface area contributed by atoms with Crippen molar-refractivity contribution in [1.82, 2.24) is 0 Å². The predicted octanol–water partition coefficient (Wildman–Crippen LogP) is 6.10. The summed E-state index contributed by atoms with van der Waals surface area (Å²) >= 11 is 0. The van der Waals surface area contributed by atoms with Crippen LogP contribution in [-0.4, -0.2) is 0 Å². The van der Waals surface area contributed by atoms with Gasteiger partial charge in [-0.05, 0) is 49.6 Å². The number of halogens is 3. The van der Waals surface area contributed by atoms with Gasteiger partial charge in [0.2, 0.25) is 0 Å². The second-order valence-electron chi connectivity index (χ2n) is 4.94. The molecule has 0 atom stereocenters. The summed E-state index contributed by atoms with van der Waals surface area (Å²) < 4.78 is 41.0. The molecule has 2 aromatic carbocycles. The van der Waals surface area contributed by atoms with E-state index in [2.05, 4.69) is 6.08 Å². The van der Waals surface area contributed by atoms with E-state index in [1.807, 2.05) is 13.0 Å². The fourth-order valence-corrected chi connectivity index (χ4v) is 2.08. The van der Waals surface area contributed by atoms with Gasteiger partial charge in [-0.1, -0.05) is 36.4 Å². The molecule has 0 unspecified atom stereocenters. The van der Waals surface area contributed by atoms with Gasteiger partial charge >= 0.3 is 0 Å². The summed E-state index contributed by atoms with van der Waals surface area (Å²) in [6.07, 6.45) is 5.81. The van der Waals surface area contributed by atoms with Gasteiger partial charge in [0.05, 0.1) is 0 Å². The average Bonchev–Trinajstić information content (AvgIpc) is 2.55. The second-order valence-corrected chi connectivity index (χ2v) is 4.94. The Hall–Kier alpha value is -2.29. The largest absolute Gasteiger partial charge is 0.207 e. The van der Waals surface area contributed by atoms with Crippen LogP contribution in [0.1, 0.15) is 30.0 Å². The molecule has 0 radical (unpaired) electrons. The monoisotopic (exact) mass is 302 g/mol. The molecule has 0 saturated carbocycles. The quantitative estimate of drug-likeness (QED) is 0.462. The van der Waals surface area contributed by atoms with Crippen LogP contribution in [0.4, 0.5) is 13.2 Å². The van der Waals surface area contributed by atoms with Crippen LogP contribution < -0.4 is 0 Å². The topological polar surface area (TPSA) is 0 Å². The first kappa shape index (κ1) is 16.1. The zero-order valence-electron chi connectivity index (χ0n) is 12.3. The fraction of sp³-hybridized carbons (Fsp3) is 0.158. The first-order valence-electron chi connectivity index (χ1n) is 7.13. The highest BCUT2D eigenvalue weighted by molar-refractivity contribution is 5.83. The van der Waals surface area contributed by atoms with E-state index >= 15 is 0 Å². The molecule has 0 heterocycles. The Kier molecular flexibility index (Phi) is 5.59. The van der Waals surface area contributed by atoms with Gasteiger partial charge in [-0.3, -0.25) is 0 Å². The van der Waals surface area contributed by atoms with E-state index < -0.39 is 17.5 Å². The van der Waals surface area contributed by atoms with E-state index in [4.69, 9.17) is 0 Å². The van der Waals surface area contributed by atoms with E-state index in [0.717, 1.165) is 30.5 Å². The van der Waals surface area contributed by atoms with Gasteiger partial charge in [-0.2, -0.15) is 0 Å². The zero-order chi connectivity index (χ0) is 15.9. The summed E-state index contributed by atoms with van der Waals surface area (Å²) in [5, 5.41) is 0. The Balaban J connectivity index is 2.19. The Labute approximate surface area is 128 Å². The first-order valence-corrected chi connectivity index (χ1v) is 7.13. The lowest BCUT2D eigenvalue weighted by molar-refractivity contribution is 0.627. The average molecular weight is 302 g/mol. The van der Waals surface area contributed by atoms with Gasteiger partial charge in [0, 0.05) is 11.1 Å². The smallest absolute Gasteiger partial charge is 0.166 e. The van der Waals surface area contributed by atoms with E-state index in [-0.39, 0.29) is 11.1 Å². The third-order valence-electron chi connectivity index (χ3n) is 3.33. The van der Waals surface area contributed by atoms with Crippen LogP contribution in [0.5, 0.6) is 0 Å². The Bertz CT molecular complexity index is 665. The number of hydrogen-bond acceptors (Lipinski definition) is 0. The summed E-state index contributed by atoms with van der Waals surface area (Å²) in [5.41, 5.74) is 1.27. The number of allylic oxidation sites excluding steroid dienone is 2. The summed E-state index contributed by atoms with van der Waals surface area (Å²) in [5.74, 6) is -2.41. The molecule has 0 spiro atoms. The molecular weight excluding hydrogens is 285 g/mol. The van der Waals surface area contributed by atoms with E-state index in [1.54, 1.807) is 24.3 Å². The molecule has 3 heteroatoms. The maximum absolute atomic E-state index is 14.2. The minimum atomic E-state index is -0.985. The molecule has 22 heavy (non-hydrogen) atoms. The summed E-state index contributed by atoms with van der Waals surface area (Å²) in [6, 6.07) is 11.3. The molecule has 0 bridgehead atoms. The molecule has 0 fully saturated rings. The maximum Gasteiger partial charge on any atom is 0.166 e. The van der Waals surface area contributed by atoms with Gasteiger partial charge in [0.15, 0.2) is 11.7 Å². The summed E-state index contributed by atoms with van der Waals surface area (Å²) in [6.45, 7) is 1.96. The molecule has 0 saturated heterocycles. The third-order valence-corrected chi connectivity index (χ3v) is 3.33. The van der Waals surface area contributed by atoms with Crippen molar-refractivity contribution in [3.63, 3.8) is 0 Å². The molecule has 2 aromatic rings. The van der Waals surface area contributed by atoms with E-state index in [0.29, 0.717) is 0 Å². The number of benzene rings is 2. The second kappa shape index (κ2) is 7.64. The van der Waals surface area contributed by atoms with Gasteiger partial charge in [0.1, 0.15) is 5.82 Å². The van der Waals surface area contributed by atoms with E-state index in [9.17, 15) is 13.2 Å². The first-order chi connectivity index (χ1) is 10.6. The van der Waals surface area contributed by atoms with Crippen molar-refractivity contribution in [1.29, 1.82) is 0 Å². The molecular formula is C19H17F3. The molecule has 0 aliphatic carbocycles. The molecule has 0 N–H and O–H groups in total. The standard InChI is InChI=1S/C19H17F3/c1-2-3-4-5-14-6-8-15(9-7-14)18(21)19(22)16-10-12-17(20)13-11-16/h2-3,6-13H,4-5H2,1H3/b3-2+,19-18?. The molecule has 0 aliphatic rings. The molecule has 0 nitrogen and oxygen atoms in total. The fourth-order valence-electron chi connectivity index (χ4n) is 2.08. The Morgan fingerprint density at radius 1 is 0.864 bits per heavy atom. The molecule has 0 amide bonds. The van der Waals surface area contributed by atoms with Crippen molar-refractivity contribution in [2.24, 2.45) is 0 Å². The van der Waals surface area contributed by atoms with Crippen LogP contribution in [-0.2, 0) is 6.42 Å². The van der Waals surface area contributed by atoms with Crippen LogP contribution in [0, 0.1) is 5.82 Å². The van der Waals surface area contributed by atoms with Crippen molar-refractivity contribution >= 4 is 11.7 Å². The lowest BCUT2D eigenvalue weighted by Gasteiger charge is -2.04. The number of rotatable bonds is 5. The minimum Gasteiger partial charge on any atom is -0.207 e. The number of aryl methyl sites for hydroxylation is 1. The lowest BCUT2D eigenvalue weighted by atomic mass is 10.0. The van der Waals surface area contributed by atoms with Gasteiger partial charge in [-0.15, -0.1) is 0 Å². The Morgan fingerprint density at radius 2 is 1.36 bits per heavy atom. The normalized spacial score (nSPS) is 12.5. The lowest BCUT2D eigenvalue weighted by Crippen LogP contribution is -1.87. The van der Waals surface area contributed by atoms with Gasteiger partial charge in [0.25, 0.3) is 0 Å². The van der Waals surface area contributed by atoms with Crippen LogP contribution in [0.15, 0.2) is 60.7 Å². The molecule has 114 valence electrons.